The lowest BCUT2D eigenvalue weighted by atomic mass is 10.3. The monoisotopic (exact) mass is 262 g/mol. The van der Waals surface area contributed by atoms with E-state index in [0.29, 0.717) is 12.1 Å². The number of anilines is 1. The van der Waals surface area contributed by atoms with Gasteiger partial charge >= 0.3 is 0 Å². The second-order valence-corrected chi connectivity index (χ2v) is 5.46. The van der Waals surface area contributed by atoms with E-state index in [1.54, 1.807) is 7.11 Å². The van der Waals surface area contributed by atoms with Gasteiger partial charge in [-0.05, 0) is 37.8 Å². The first-order chi connectivity index (χ1) is 9.36. The standard InChI is InChI=1S/C14H22N4O/c1-19-9-8-18(13-5-6-13)14-7-4-12(16-17-14)10-15-11-2-3-11/h4,7,11,13,15H,2-3,5-6,8-10H2,1H3. The van der Waals surface area contributed by atoms with Crippen LogP contribution in [0.3, 0.4) is 0 Å². The van der Waals surface area contributed by atoms with Gasteiger partial charge in [-0.15, -0.1) is 5.10 Å². The number of aromatic nitrogens is 2. The topological polar surface area (TPSA) is 50.3 Å². The molecular formula is C14H22N4O. The number of nitrogens with zero attached hydrogens (tertiary/aromatic N) is 3. The molecule has 2 fully saturated rings. The highest BCUT2D eigenvalue weighted by Crippen LogP contribution is 2.30. The fraction of sp³-hybridized carbons (Fsp3) is 0.714. The summed E-state index contributed by atoms with van der Waals surface area (Å²) < 4.78 is 5.17. The van der Waals surface area contributed by atoms with E-state index in [9.17, 15) is 0 Å². The Morgan fingerprint density at radius 3 is 2.68 bits per heavy atom. The van der Waals surface area contributed by atoms with Crippen molar-refractivity contribution < 1.29 is 4.74 Å². The zero-order valence-corrected chi connectivity index (χ0v) is 11.5. The third-order valence-electron chi connectivity index (χ3n) is 3.67. The molecule has 0 unspecified atom stereocenters. The Labute approximate surface area is 114 Å². The van der Waals surface area contributed by atoms with E-state index in [0.717, 1.165) is 31.2 Å². The second-order valence-electron chi connectivity index (χ2n) is 5.46. The van der Waals surface area contributed by atoms with Crippen molar-refractivity contribution in [3.63, 3.8) is 0 Å². The highest BCUT2D eigenvalue weighted by molar-refractivity contribution is 5.40. The first-order valence-corrected chi connectivity index (χ1v) is 7.18. The Morgan fingerprint density at radius 2 is 2.11 bits per heavy atom. The van der Waals surface area contributed by atoms with Crippen LogP contribution in [0.2, 0.25) is 0 Å². The minimum atomic E-state index is 0.639. The molecule has 0 bridgehead atoms. The molecule has 19 heavy (non-hydrogen) atoms. The number of ether oxygens (including phenoxy) is 1. The van der Waals surface area contributed by atoms with Gasteiger partial charge in [0.1, 0.15) is 0 Å². The van der Waals surface area contributed by atoms with Gasteiger partial charge in [-0.25, -0.2) is 0 Å². The molecule has 0 atom stereocenters. The van der Waals surface area contributed by atoms with Crippen LogP contribution in [0.15, 0.2) is 12.1 Å². The summed E-state index contributed by atoms with van der Waals surface area (Å²) in [5.74, 6) is 0.981. The van der Waals surface area contributed by atoms with Crippen LogP contribution in [0.1, 0.15) is 31.4 Å². The van der Waals surface area contributed by atoms with E-state index < -0.39 is 0 Å². The lowest BCUT2D eigenvalue weighted by Crippen LogP contribution is -2.30. The zero-order valence-electron chi connectivity index (χ0n) is 11.5. The molecule has 1 aromatic rings. The molecule has 1 aromatic heterocycles. The van der Waals surface area contributed by atoms with E-state index in [1.807, 2.05) is 0 Å². The summed E-state index contributed by atoms with van der Waals surface area (Å²) in [4.78, 5) is 2.31. The van der Waals surface area contributed by atoms with Gasteiger partial charge in [0, 0.05) is 32.3 Å². The van der Waals surface area contributed by atoms with Crippen LogP contribution >= 0.6 is 0 Å². The molecule has 0 aromatic carbocycles. The maximum atomic E-state index is 5.17. The Bertz CT molecular complexity index is 400. The molecule has 3 rings (SSSR count). The Balaban J connectivity index is 1.58. The smallest absolute Gasteiger partial charge is 0.151 e. The third-order valence-corrected chi connectivity index (χ3v) is 3.67. The van der Waals surface area contributed by atoms with Gasteiger partial charge in [-0.3, -0.25) is 0 Å². The van der Waals surface area contributed by atoms with E-state index in [-0.39, 0.29) is 0 Å². The van der Waals surface area contributed by atoms with Crippen LogP contribution in [0.5, 0.6) is 0 Å². The molecule has 0 radical (unpaired) electrons. The van der Waals surface area contributed by atoms with Crippen molar-refractivity contribution in [2.75, 3.05) is 25.2 Å². The van der Waals surface area contributed by atoms with E-state index in [4.69, 9.17) is 4.74 Å². The van der Waals surface area contributed by atoms with Crippen molar-refractivity contribution in [2.45, 2.75) is 44.3 Å². The maximum Gasteiger partial charge on any atom is 0.151 e. The van der Waals surface area contributed by atoms with Crippen LogP contribution in [-0.4, -0.2) is 42.5 Å². The summed E-state index contributed by atoms with van der Waals surface area (Å²) in [6.07, 6.45) is 5.13. The SMILES string of the molecule is COCCN(c1ccc(CNC2CC2)nn1)C1CC1. The number of hydrogen-bond acceptors (Lipinski definition) is 5. The summed E-state index contributed by atoms with van der Waals surface area (Å²) in [5.41, 5.74) is 1.03. The molecule has 2 aliphatic carbocycles. The third kappa shape index (κ3) is 3.64. The van der Waals surface area contributed by atoms with Crippen LogP contribution in [-0.2, 0) is 11.3 Å². The minimum Gasteiger partial charge on any atom is -0.383 e. The van der Waals surface area contributed by atoms with E-state index in [2.05, 4.69) is 32.5 Å². The van der Waals surface area contributed by atoms with Crippen molar-refractivity contribution >= 4 is 5.82 Å². The first-order valence-electron chi connectivity index (χ1n) is 7.18. The molecule has 0 saturated heterocycles. The fourth-order valence-electron chi connectivity index (χ4n) is 2.20. The molecule has 1 heterocycles. The molecule has 0 amide bonds. The van der Waals surface area contributed by atoms with Crippen molar-refractivity contribution in [1.82, 2.24) is 15.5 Å². The van der Waals surface area contributed by atoms with Crippen molar-refractivity contribution in [2.24, 2.45) is 0 Å². The van der Waals surface area contributed by atoms with Crippen LogP contribution in [0.4, 0.5) is 5.82 Å². The Kier molecular flexibility index (Phi) is 3.94. The molecule has 2 aliphatic rings. The average molecular weight is 262 g/mol. The number of hydrogen-bond donors (Lipinski definition) is 1. The van der Waals surface area contributed by atoms with Crippen molar-refractivity contribution in [1.29, 1.82) is 0 Å². The van der Waals surface area contributed by atoms with Gasteiger partial charge in [0.05, 0.1) is 12.3 Å². The predicted octanol–water partition coefficient (Wildman–Crippen LogP) is 1.34. The zero-order chi connectivity index (χ0) is 13.1. The van der Waals surface area contributed by atoms with Gasteiger partial charge in [0.15, 0.2) is 5.82 Å². The van der Waals surface area contributed by atoms with E-state index in [1.165, 1.54) is 25.7 Å². The highest BCUT2D eigenvalue weighted by atomic mass is 16.5. The molecule has 5 heteroatoms. The van der Waals surface area contributed by atoms with Gasteiger partial charge < -0.3 is 15.0 Å². The average Bonchev–Trinajstić information content (AvgIpc) is 3.31. The van der Waals surface area contributed by atoms with Crippen LogP contribution in [0.25, 0.3) is 0 Å². The molecule has 1 N–H and O–H groups in total. The molecule has 104 valence electrons. The predicted molar refractivity (Wildman–Crippen MR) is 74.1 cm³/mol. The molecule has 0 aliphatic heterocycles. The summed E-state index contributed by atoms with van der Waals surface area (Å²) in [6, 6.07) is 5.52. The van der Waals surface area contributed by atoms with Gasteiger partial charge in [-0.1, -0.05) is 0 Å². The number of methoxy groups -OCH3 is 1. The van der Waals surface area contributed by atoms with Crippen LogP contribution in [0, 0.1) is 0 Å². The van der Waals surface area contributed by atoms with Gasteiger partial charge in [0.25, 0.3) is 0 Å². The van der Waals surface area contributed by atoms with Gasteiger partial charge in [0.2, 0.25) is 0 Å². The lowest BCUT2D eigenvalue weighted by molar-refractivity contribution is 0.204. The number of rotatable bonds is 8. The fourth-order valence-corrected chi connectivity index (χ4v) is 2.20. The minimum absolute atomic E-state index is 0.639. The summed E-state index contributed by atoms with van der Waals surface area (Å²) in [5, 5.41) is 12.1. The first kappa shape index (κ1) is 12.8. The quantitative estimate of drug-likeness (QED) is 0.766. The van der Waals surface area contributed by atoms with Crippen LogP contribution < -0.4 is 10.2 Å². The Hall–Kier alpha value is -1.20. The van der Waals surface area contributed by atoms with Crippen molar-refractivity contribution in [3.8, 4) is 0 Å². The normalized spacial score (nSPS) is 18.6. The summed E-state index contributed by atoms with van der Waals surface area (Å²) in [6.45, 7) is 2.47. The highest BCUT2D eigenvalue weighted by Gasteiger charge is 2.30. The Morgan fingerprint density at radius 1 is 1.26 bits per heavy atom. The molecule has 0 spiro atoms. The van der Waals surface area contributed by atoms with Crippen molar-refractivity contribution in [3.05, 3.63) is 17.8 Å². The maximum absolute atomic E-state index is 5.17. The number of nitrogens with one attached hydrogen (secondary N) is 1. The second kappa shape index (κ2) is 5.84. The van der Waals surface area contributed by atoms with E-state index >= 15 is 0 Å². The molecular weight excluding hydrogens is 240 g/mol. The molecule has 2 saturated carbocycles. The largest absolute Gasteiger partial charge is 0.383 e. The lowest BCUT2D eigenvalue weighted by Gasteiger charge is -2.22. The molecule has 5 nitrogen and oxygen atoms in total. The van der Waals surface area contributed by atoms with Gasteiger partial charge in [-0.2, -0.15) is 5.10 Å². The summed E-state index contributed by atoms with van der Waals surface area (Å²) in [7, 11) is 1.74. The summed E-state index contributed by atoms with van der Waals surface area (Å²) >= 11 is 0.